The van der Waals surface area contributed by atoms with Crippen molar-refractivity contribution in [1.82, 2.24) is 19.4 Å². The molecule has 136 valence electrons. The second kappa shape index (κ2) is 7.01. The van der Waals surface area contributed by atoms with Crippen LogP contribution in [0, 0.1) is 0 Å². The Kier molecular flexibility index (Phi) is 4.96. The highest BCUT2D eigenvalue weighted by molar-refractivity contribution is 7.89. The van der Waals surface area contributed by atoms with Crippen LogP contribution in [0.25, 0.3) is 0 Å². The predicted octanol–water partition coefficient (Wildman–Crippen LogP) is 1.64. The van der Waals surface area contributed by atoms with Crippen LogP contribution in [0.1, 0.15) is 43.3 Å². The van der Waals surface area contributed by atoms with Gasteiger partial charge in [0.05, 0.1) is 12.5 Å². The first-order valence-electron chi connectivity index (χ1n) is 8.27. The molecule has 1 saturated heterocycles. The van der Waals surface area contributed by atoms with Crippen molar-refractivity contribution in [3.63, 3.8) is 0 Å². The topological polar surface area (TPSA) is 97.4 Å². The highest BCUT2D eigenvalue weighted by Gasteiger charge is 2.30. The Hall–Kier alpha value is -2.13. The van der Waals surface area contributed by atoms with E-state index in [0.29, 0.717) is 19.5 Å². The quantitative estimate of drug-likeness (QED) is 0.867. The van der Waals surface area contributed by atoms with Crippen molar-refractivity contribution in [2.75, 3.05) is 13.1 Å². The van der Waals surface area contributed by atoms with Crippen LogP contribution in [-0.4, -0.2) is 48.1 Å². The molecule has 0 aliphatic carbocycles. The van der Waals surface area contributed by atoms with E-state index in [0.717, 1.165) is 6.42 Å². The van der Waals surface area contributed by atoms with Gasteiger partial charge >= 0.3 is 0 Å². The van der Waals surface area contributed by atoms with Gasteiger partial charge in [0.2, 0.25) is 0 Å². The van der Waals surface area contributed by atoms with Gasteiger partial charge in [-0.25, -0.2) is 13.1 Å². The van der Waals surface area contributed by atoms with Crippen molar-refractivity contribution < 1.29 is 17.6 Å². The first-order chi connectivity index (χ1) is 11.9. The third-order valence-corrected chi connectivity index (χ3v) is 5.68. The van der Waals surface area contributed by atoms with Crippen LogP contribution in [0.2, 0.25) is 0 Å². The summed E-state index contributed by atoms with van der Waals surface area (Å²) in [5.41, 5.74) is 0. The van der Waals surface area contributed by atoms with E-state index in [-0.39, 0.29) is 28.8 Å². The van der Waals surface area contributed by atoms with Crippen LogP contribution in [0.5, 0.6) is 0 Å². The Morgan fingerprint density at radius 3 is 2.88 bits per heavy atom. The first kappa shape index (κ1) is 17.7. The summed E-state index contributed by atoms with van der Waals surface area (Å²) in [4.78, 5) is 14.0. The van der Waals surface area contributed by atoms with Crippen molar-refractivity contribution in [3.8, 4) is 0 Å². The van der Waals surface area contributed by atoms with Gasteiger partial charge < -0.3 is 9.32 Å². The maximum absolute atomic E-state index is 12.7. The summed E-state index contributed by atoms with van der Waals surface area (Å²) in [6.45, 7) is 4.64. The van der Waals surface area contributed by atoms with Gasteiger partial charge in [-0.05, 0) is 44.9 Å². The van der Waals surface area contributed by atoms with Crippen LogP contribution in [-0.2, 0) is 10.0 Å². The average molecular weight is 366 g/mol. The molecule has 25 heavy (non-hydrogen) atoms. The lowest BCUT2D eigenvalue weighted by molar-refractivity contribution is 0.0671. The molecule has 0 aromatic carbocycles. The number of likely N-dealkylation sites (tertiary alicyclic amines) is 1. The molecule has 9 heteroatoms. The Morgan fingerprint density at radius 1 is 1.40 bits per heavy atom. The van der Waals surface area contributed by atoms with Gasteiger partial charge in [-0.1, -0.05) is 0 Å². The number of nitrogens with zero attached hydrogens (tertiary/aromatic N) is 3. The van der Waals surface area contributed by atoms with Crippen LogP contribution in [0.4, 0.5) is 0 Å². The normalized spacial score (nSPS) is 18.7. The van der Waals surface area contributed by atoms with Crippen LogP contribution >= 0.6 is 0 Å². The summed E-state index contributed by atoms with van der Waals surface area (Å²) >= 11 is 0. The van der Waals surface area contributed by atoms with Crippen molar-refractivity contribution in [3.05, 3.63) is 36.4 Å². The van der Waals surface area contributed by atoms with E-state index in [9.17, 15) is 13.2 Å². The molecule has 3 rings (SSSR count). The fourth-order valence-corrected chi connectivity index (χ4v) is 4.49. The Morgan fingerprint density at radius 2 is 2.20 bits per heavy atom. The Balaban J connectivity index is 1.72. The molecular formula is C16H22N4O4S. The zero-order valence-corrected chi connectivity index (χ0v) is 15.1. The van der Waals surface area contributed by atoms with Gasteiger partial charge in [0.15, 0.2) is 10.8 Å². The Bertz CT molecular complexity index is 826. The van der Waals surface area contributed by atoms with Crippen molar-refractivity contribution in [1.29, 1.82) is 0 Å². The molecule has 0 radical (unpaired) electrons. The average Bonchev–Trinajstić information content (AvgIpc) is 3.25. The van der Waals surface area contributed by atoms with E-state index in [1.807, 2.05) is 13.8 Å². The molecule has 0 saturated carbocycles. The molecule has 1 N–H and O–H groups in total. The molecule has 1 aliphatic heterocycles. The minimum atomic E-state index is -3.71. The maximum Gasteiger partial charge on any atom is 0.289 e. The van der Waals surface area contributed by atoms with Crippen LogP contribution < -0.4 is 4.72 Å². The lowest BCUT2D eigenvalue weighted by Gasteiger charge is -2.32. The number of carbonyl (C=O) groups is 1. The molecule has 2 aromatic heterocycles. The van der Waals surface area contributed by atoms with Gasteiger partial charge in [-0.3, -0.25) is 9.48 Å². The van der Waals surface area contributed by atoms with E-state index >= 15 is 0 Å². The van der Waals surface area contributed by atoms with Gasteiger partial charge in [0.25, 0.3) is 15.9 Å². The largest absolute Gasteiger partial charge is 0.459 e. The summed E-state index contributed by atoms with van der Waals surface area (Å²) in [5.74, 6) is 0.0440. The zero-order chi connectivity index (χ0) is 18.0. The molecule has 8 nitrogen and oxygen atoms in total. The summed E-state index contributed by atoms with van der Waals surface area (Å²) in [6.07, 6.45) is 4.33. The van der Waals surface area contributed by atoms with E-state index in [4.69, 9.17) is 4.42 Å². The molecule has 0 spiro atoms. The fourth-order valence-electron chi connectivity index (χ4n) is 3.00. The van der Waals surface area contributed by atoms with Gasteiger partial charge in [0, 0.05) is 25.2 Å². The molecule has 1 fully saturated rings. The lowest BCUT2D eigenvalue weighted by atomic mass is 10.1. The fraction of sp³-hybridized carbons (Fsp3) is 0.500. The minimum Gasteiger partial charge on any atom is -0.459 e. The lowest BCUT2D eigenvalue weighted by Crippen LogP contribution is -2.49. The summed E-state index contributed by atoms with van der Waals surface area (Å²) in [5, 5.41) is 4.21. The number of nitrogens with one attached hydrogen (secondary N) is 1. The van der Waals surface area contributed by atoms with Gasteiger partial charge in [-0.15, -0.1) is 0 Å². The van der Waals surface area contributed by atoms with Crippen LogP contribution in [0.15, 0.2) is 40.1 Å². The molecule has 1 amide bonds. The zero-order valence-electron chi connectivity index (χ0n) is 14.3. The summed E-state index contributed by atoms with van der Waals surface area (Å²) in [6, 6.07) is 4.34. The van der Waals surface area contributed by atoms with E-state index < -0.39 is 10.0 Å². The third-order valence-electron chi connectivity index (χ3n) is 4.16. The summed E-state index contributed by atoms with van der Waals surface area (Å²) < 4.78 is 34.7. The molecule has 1 atom stereocenters. The number of hydrogen-bond donors (Lipinski definition) is 1. The van der Waals surface area contributed by atoms with Crippen molar-refractivity contribution >= 4 is 15.9 Å². The predicted molar refractivity (Wildman–Crippen MR) is 90.6 cm³/mol. The second-order valence-electron chi connectivity index (χ2n) is 6.40. The number of rotatable bonds is 5. The highest BCUT2D eigenvalue weighted by Crippen LogP contribution is 2.18. The number of furan rings is 1. The summed E-state index contributed by atoms with van der Waals surface area (Å²) in [7, 11) is -3.71. The molecule has 1 aliphatic rings. The minimum absolute atomic E-state index is 0.0649. The van der Waals surface area contributed by atoms with E-state index in [2.05, 4.69) is 9.82 Å². The number of hydrogen-bond acceptors (Lipinski definition) is 5. The maximum atomic E-state index is 12.7. The highest BCUT2D eigenvalue weighted by atomic mass is 32.2. The second-order valence-corrected chi connectivity index (χ2v) is 8.06. The van der Waals surface area contributed by atoms with Crippen LogP contribution in [0.3, 0.4) is 0 Å². The van der Waals surface area contributed by atoms with Crippen molar-refractivity contribution in [2.24, 2.45) is 0 Å². The number of carbonyl (C=O) groups excluding carboxylic acids is 1. The molecule has 1 unspecified atom stereocenters. The number of piperidine rings is 1. The number of amides is 1. The van der Waals surface area contributed by atoms with E-state index in [1.165, 1.54) is 23.2 Å². The van der Waals surface area contributed by atoms with Crippen molar-refractivity contribution in [2.45, 2.75) is 43.8 Å². The molecule has 0 bridgehead atoms. The van der Waals surface area contributed by atoms with Gasteiger partial charge in [0.1, 0.15) is 0 Å². The number of sulfonamides is 1. The number of aromatic nitrogens is 2. The Labute approximate surface area is 146 Å². The smallest absolute Gasteiger partial charge is 0.289 e. The van der Waals surface area contributed by atoms with E-state index in [1.54, 1.807) is 17.0 Å². The monoisotopic (exact) mass is 366 g/mol. The standard InChI is InChI=1S/C16H22N4O4S/c1-12(2)20-15(7-8-17-20)25(22,23)18-13-5-3-9-19(11-13)16(21)14-6-4-10-24-14/h4,6-8,10,12-13,18H,3,5,9,11H2,1-2H3. The first-order valence-corrected chi connectivity index (χ1v) is 9.75. The molecular weight excluding hydrogens is 344 g/mol. The van der Waals surface area contributed by atoms with Gasteiger partial charge in [-0.2, -0.15) is 5.10 Å². The third kappa shape index (κ3) is 3.77. The SMILES string of the molecule is CC(C)n1nccc1S(=O)(=O)NC1CCCN(C(=O)c2ccco2)C1. The molecule has 3 heterocycles. The molecule has 2 aromatic rings.